The highest BCUT2D eigenvalue weighted by Gasteiger charge is 2.06. The van der Waals surface area contributed by atoms with E-state index in [1.807, 2.05) is 17.0 Å². The quantitative estimate of drug-likeness (QED) is 0.521. The molecule has 92 valence electrons. The van der Waals surface area contributed by atoms with Crippen molar-refractivity contribution in [2.24, 2.45) is 0 Å². The maximum atomic E-state index is 11.1. The van der Waals surface area contributed by atoms with Crippen LogP contribution in [-0.4, -0.2) is 21.6 Å². The Morgan fingerprint density at radius 3 is 2.94 bits per heavy atom. The summed E-state index contributed by atoms with van der Waals surface area (Å²) >= 11 is 0. The van der Waals surface area contributed by atoms with Crippen LogP contribution in [0.4, 0.5) is 0 Å². The standard InChI is InChI=1S/C9H16N2O4S/c1-2-10-16(12,13)11-15-8-4-6-9-5-3-7-14-9/h3,5,7,10-11H,2,4,6,8H2,1H3. The normalized spacial score (nSPS) is 11.8. The molecule has 0 aliphatic heterocycles. The molecule has 0 atom stereocenters. The van der Waals surface area contributed by atoms with Gasteiger partial charge >= 0.3 is 0 Å². The first kappa shape index (κ1) is 13.2. The van der Waals surface area contributed by atoms with E-state index in [1.165, 1.54) is 0 Å². The molecule has 0 aromatic carbocycles. The molecule has 0 saturated heterocycles. The lowest BCUT2D eigenvalue weighted by molar-refractivity contribution is 0.0897. The molecule has 0 unspecified atom stereocenters. The maximum absolute atomic E-state index is 11.1. The first-order valence-electron chi connectivity index (χ1n) is 5.04. The highest BCUT2D eigenvalue weighted by Crippen LogP contribution is 2.02. The zero-order valence-electron chi connectivity index (χ0n) is 9.10. The van der Waals surface area contributed by atoms with Gasteiger partial charge in [0.2, 0.25) is 0 Å². The summed E-state index contributed by atoms with van der Waals surface area (Å²) < 4.78 is 29.5. The Morgan fingerprint density at radius 1 is 1.50 bits per heavy atom. The van der Waals surface area contributed by atoms with E-state index in [9.17, 15) is 8.42 Å². The fraction of sp³-hybridized carbons (Fsp3) is 0.556. The van der Waals surface area contributed by atoms with Crippen LogP contribution in [0, 0.1) is 0 Å². The fourth-order valence-corrected chi connectivity index (χ4v) is 1.79. The average Bonchev–Trinajstić information content (AvgIpc) is 2.69. The molecule has 0 aliphatic rings. The highest BCUT2D eigenvalue weighted by atomic mass is 32.2. The summed E-state index contributed by atoms with van der Waals surface area (Å²) in [5.41, 5.74) is 0. The van der Waals surface area contributed by atoms with Crippen LogP contribution >= 0.6 is 0 Å². The van der Waals surface area contributed by atoms with Crippen LogP contribution in [0.1, 0.15) is 19.1 Å². The van der Waals surface area contributed by atoms with E-state index < -0.39 is 10.2 Å². The van der Waals surface area contributed by atoms with Gasteiger partial charge in [0.15, 0.2) is 0 Å². The second kappa shape index (κ2) is 6.64. The van der Waals surface area contributed by atoms with Gasteiger partial charge in [-0.05, 0) is 18.6 Å². The minimum atomic E-state index is -3.51. The van der Waals surface area contributed by atoms with E-state index in [2.05, 4.69) is 4.72 Å². The van der Waals surface area contributed by atoms with Gasteiger partial charge in [-0.15, -0.1) is 0 Å². The molecular formula is C9H16N2O4S. The van der Waals surface area contributed by atoms with E-state index in [0.29, 0.717) is 19.6 Å². The minimum absolute atomic E-state index is 0.297. The molecule has 1 rings (SSSR count). The van der Waals surface area contributed by atoms with Crippen LogP contribution in [-0.2, 0) is 21.5 Å². The molecule has 7 heteroatoms. The zero-order chi connectivity index (χ0) is 11.9. The molecular weight excluding hydrogens is 232 g/mol. The third-order valence-electron chi connectivity index (χ3n) is 1.75. The molecule has 0 spiro atoms. The molecule has 1 aromatic rings. The summed E-state index contributed by atoms with van der Waals surface area (Å²) in [6.07, 6.45) is 3.00. The first-order chi connectivity index (χ1) is 7.64. The molecule has 1 aromatic heterocycles. The van der Waals surface area contributed by atoms with Gasteiger partial charge < -0.3 is 4.42 Å². The van der Waals surface area contributed by atoms with Gasteiger partial charge in [0.1, 0.15) is 5.76 Å². The number of furan rings is 1. The molecule has 0 fully saturated rings. The Hall–Kier alpha value is -0.890. The van der Waals surface area contributed by atoms with Gasteiger partial charge in [-0.2, -0.15) is 8.42 Å². The Balaban J connectivity index is 2.08. The van der Waals surface area contributed by atoms with Crippen molar-refractivity contribution in [1.82, 2.24) is 9.61 Å². The monoisotopic (exact) mass is 248 g/mol. The Morgan fingerprint density at radius 2 is 2.31 bits per heavy atom. The van der Waals surface area contributed by atoms with E-state index >= 15 is 0 Å². The lowest BCUT2D eigenvalue weighted by atomic mass is 10.3. The van der Waals surface area contributed by atoms with Crippen molar-refractivity contribution in [3.05, 3.63) is 24.2 Å². The van der Waals surface area contributed by atoms with Crippen LogP contribution in [0.3, 0.4) is 0 Å². The molecule has 16 heavy (non-hydrogen) atoms. The van der Waals surface area contributed by atoms with Gasteiger partial charge in [-0.1, -0.05) is 11.8 Å². The number of hydrogen-bond acceptors (Lipinski definition) is 4. The lowest BCUT2D eigenvalue weighted by Crippen LogP contribution is -2.36. The Kier molecular flexibility index (Phi) is 5.47. The molecule has 0 bridgehead atoms. The highest BCUT2D eigenvalue weighted by molar-refractivity contribution is 7.87. The van der Waals surface area contributed by atoms with E-state index in [0.717, 1.165) is 12.2 Å². The van der Waals surface area contributed by atoms with Crippen molar-refractivity contribution in [3.63, 3.8) is 0 Å². The summed E-state index contributed by atoms with van der Waals surface area (Å²) in [6, 6.07) is 3.67. The summed E-state index contributed by atoms with van der Waals surface area (Å²) in [5, 5.41) is 0. The van der Waals surface area contributed by atoms with Crippen molar-refractivity contribution in [1.29, 1.82) is 0 Å². The molecule has 6 nitrogen and oxygen atoms in total. The number of nitrogens with one attached hydrogen (secondary N) is 2. The third kappa shape index (κ3) is 5.26. The van der Waals surface area contributed by atoms with Gasteiger partial charge in [0.25, 0.3) is 10.2 Å². The average molecular weight is 248 g/mol. The predicted octanol–water partition coefficient (Wildman–Crippen LogP) is 0.588. The van der Waals surface area contributed by atoms with Crippen LogP contribution in [0.2, 0.25) is 0 Å². The number of rotatable bonds is 8. The van der Waals surface area contributed by atoms with Gasteiger partial charge in [0, 0.05) is 13.0 Å². The second-order valence-electron chi connectivity index (χ2n) is 3.12. The fourth-order valence-electron chi connectivity index (χ4n) is 1.11. The van der Waals surface area contributed by atoms with Gasteiger partial charge in [-0.3, -0.25) is 4.84 Å². The molecule has 1 heterocycles. The maximum Gasteiger partial charge on any atom is 0.299 e. The first-order valence-corrected chi connectivity index (χ1v) is 6.53. The lowest BCUT2D eigenvalue weighted by Gasteiger charge is -2.06. The summed E-state index contributed by atoms with van der Waals surface area (Å²) in [6.45, 7) is 2.31. The molecule has 0 amide bonds. The molecule has 2 N–H and O–H groups in total. The summed E-state index contributed by atoms with van der Waals surface area (Å²) in [4.78, 5) is 6.78. The van der Waals surface area contributed by atoms with Crippen molar-refractivity contribution in [2.45, 2.75) is 19.8 Å². The molecule has 0 saturated carbocycles. The van der Waals surface area contributed by atoms with Crippen LogP contribution in [0.15, 0.2) is 22.8 Å². The molecule has 0 radical (unpaired) electrons. The van der Waals surface area contributed by atoms with E-state index in [1.54, 1.807) is 13.2 Å². The predicted molar refractivity (Wildman–Crippen MR) is 58.7 cm³/mol. The summed E-state index contributed by atoms with van der Waals surface area (Å²) in [5.74, 6) is 0.859. The largest absolute Gasteiger partial charge is 0.469 e. The van der Waals surface area contributed by atoms with Gasteiger partial charge in [-0.25, -0.2) is 4.72 Å². The van der Waals surface area contributed by atoms with Crippen LogP contribution in [0.25, 0.3) is 0 Å². The van der Waals surface area contributed by atoms with Crippen LogP contribution in [0.5, 0.6) is 0 Å². The Labute approximate surface area is 95.1 Å². The van der Waals surface area contributed by atoms with E-state index in [4.69, 9.17) is 9.25 Å². The van der Waals surface area contributed by atoms with Crippen LogP contribution < -0.4 is 9.61 Å². The Bertz CT molecular complexity index is 374. The number of aryl methyl sites for hydroxylation is 1. The topological polar surface area (TPSA) is 80.6 Å². The van der Waals surface area contributed by atoms with Gasteiger partial charge in [0.05, 0.1) is 12.9 Å². The third-order valence-corrected chi connectivity index (χ3v) is 2.76. The van der Waals surface area contributed by atoms with Crippen molar-refractivity contribution < 1.29 is 17.7 Å². The zero-order valence-corrected chi connectivity index (χ0v) is 9.92. The minimum Gasteiger partial charge on any atom is -0.469 e. The molecule has 0 aliphatic carbocycles. The number of hydrogen-bond donors (Lipinski definition) is 2. The smallest absolute Gasteiger partial charge is 0.299 e. The van der Waals surface area contributed by atoms with Crippen molar-refractivity contribution in [3.8, 4) is 0 Å². The second-order valence-corrected chi connectivity index (χ2v) is 4.58. The van der Waals surface area contributed by atoms with Crippen molar-refractivity contribution in [2.75, 3.05) is 13.2 Å². The van der Waals surface area contributed by atoms with Crippen molar-refractivity contribution >= 4 is 10.2 Å². The SMILES string of the molecule is CCNS(=O)(=O)NOCCCc1ccco1. The summed E-state index contributed by atoms with van der Waals surface area (Å²) in [7, 11) is -3.51. The van der Waals surface area contributed by atoms with E-state index in [-0.39, 0.29) is 0 Å².